The molecule has 0 saturated heterocycles. The molecule has 17 heavy (non-hydrogen) atoms. The molecule has 3 nitrogen and oxygen atoms in total. The lowest BCUT2D eigenvalue weighted by Gasteiger charge is -2.07. The monoisotopic (exact) mass is 240 g/mol. The summed E-state index contributed by atoms with van der Waals surface area (Å²) in [4.78, 5) is 0. The first-order valence-corrected chi connectivity index (χ1v) is 5.32. The Morgan fingerprint density at radius 2 is 2.06 bits per heavy atom. The molecule has 0 aliphatic rings. The number of alkyl halides is 1. The van der Waals surface area contributed by atoms with E-state index in [0.717, 1.165) is 11.3 Å². The maximum atomic E-state index is 13.2. The molecular weight excluding hydrogens is 223 g/mol. The zero-order valence-corrected chi connectivity index (χ0v) is 10.0. The standard InChI is InChI=1S/C13H17FO3/c1-10(8-15)7-13(14)17-9-11-3-5-12(16-2)6-4-11/h3-7,13,15H,8-9H2,1-2H3/b10-7+. The van der Waals surface area contributed by atoms with Crippen LogP contribution in [0.25, 0.3) is 0 Å². The topological polar surface area (TPSA) is 38.7 Å². The van der Waals surface area contributed by atoms with E-state index in [4.69, 9.17) is 14.6 Å². The number of hydrogen-bond donors (Lipinski definition) is 1. The highest BCUT2D eigenvalue weighted by molar-refractivity contribution is 5.26. The van der Waals surface area contributed by atoms with Crippen LogP contribution in [-0.2, 0) is 11.3 Å². The van der Waals surface area contributed by atoms with Crippen LogP contribution in [0.15, 0.2) is 35.9 Å². The van der Waals surface area contributed by atoms with Crippen molar-refractivity contribution in [3.05, 3.63) is 41.5 Å². The van der Waals surface area contributed by atoms with Crippen molar-refractivity contribution in [1.29, 1.82) is 0 Å². The first-order chi connectivity index (χ1) is 8.15. The average molecular weight is 240 g/mol. The number of methoxy groups -OCH3 is 1. The lowest BCUT2D eigenvalue weighted by atomic mass is 10.2. The third-order valence-electron chi connectivity index (χ3n) is 2.23. The van der Waals surface area contributed by atoms with Gasteiger partial charge in [-0.1, -0.05) is 12.1 Å². The minimum absolute atomic E-state index is 0.160. The van der Waals surface area contributed by atoms with Crippen molar-refractivity contribution >= 4 is 0 Å². The van der Waals surface area contributed by atoms with Gasteiger partial charge in [0.25, 0.3) is 0 Å². The maximum absolute atomic E-state index is 13.2. The minimum Gasteiger partial charge on any atom is -0.497 e. The van der Waals surface area contributed by atoms with Gasteiger partial charge in [0.15, 0.2) is 0 Å². The normalized spacial score (nSPS) is 13.5. The fourth-order valence-corrected chi connectivity index (χ4v) is 1.22. The second-order valence-corrected chi connectivity index (χ2v) is 3.68. The molecule has 1 rings (SSSR count). The van der Waals surface area contributed by atoms with Crippen molar-refractivity contribution in [3.63, 3.8) is 0 Å². The summed E-state index contributed by atoms with van der Waals surface area (Å²) in [5, 5.41) is 8.72. The van der Waals surface area contributed by atoms with Gasteiger partial charge in [0.2, 0.25) is 6.36 Å². The average Bonchev–Trinajstić information content (AvgIpc) is 2.36. The van der Waals surface area contributed by atoms with Crippen LogP contribution in [0.1, 0.15) is 12.5 Å². The van der Waals surface area contributed by atoms with Crippen LogP contribution in [0, 0.1) is 0 Å². The fraction of sp³-hybridized carbons (Fsp3) is 0.385. The number of aliphatic hydroxyl groups excluding tert-OH is 1. The molecular formula is C13H17FO3. The molecule has 0 aromatic heterocycles. The van der Waals surface area contributed by atoms with Gasteiger partial charge >= 0.3 is 0 Å². The quantitative estimate of drug-likeness (QED) is 0.776. The van der Waals surface area contributed by atoms with Crippen LogP contribution in [-0.4, -0.2) is 25.2 Å². The number of ether oxygens (including phenoxy) is 2. The molecule has 0 heterocycles. The maximum Gasteiger partial charge on any atom is 0.218 e. The highest BCUT2D eigenvalue weighted by Gasteiger charge is 2.03. The molecule has 0 bridgehead atoms. The molecule has 0 saturated carbocycles. The molecule has 1 atom stereocenters. The molecule has 1 aromatic carbocycles. The van der Waals surface area contributed by atoms with Gasteiger partial charge in [0.1, 0.15) is 5.75 Å². The van der Waals surface area contributed by atoms with Gasteiger partial charge in [0.05, 0.1) is 20.3 Å². The van der Waals surface area contributed by atoms with E-state index in [0.29, 0.717) is 5.57 Å². The number of aliphatic hydroxyl groups is 1. The predicted molar refractivity (Wildman–Crippen MR) is 63.5 cm³/mol. The summed E-state index contributed by atoms with van der Waals surface area (Å²) >= 11 is 0. The number of rotatable bonds is 6. The largest absolute Gasteiger partial charge is 0.497 e. The van der Waals surface area contributed by atoms with Crippen molar-refractivity contribution < 1.29 is 19.0 Å². The molecule has 0 radical (unpaired) electrons. The van der Waals surface area contributed by atoms with Gasteiger partial charge in [-0.15, -0.1) is 0 Å². The second kappa shape index (κ2) is 7.04. The number of benzene rings is 1. The van der Waals surface area contributed by atoms with Crippen LogP contribution in [0.5, 0.6) is 5.75 Å². The third kappa shape index (κ3) is 4.97. The first-order valence-electron chi connectivity index (χ1n) is 5.32. The third-order valence-corrected chi connectivity index (χ3v) is 2.23. The van der Waals surface area contributed by atoms with Crippen LogP contribution < -0.4 is 4.74 Å². The summed E-state index contributed by atoms with van der Waals surface area (Å²) in [6.45, 7) is 1.66. The van der Waals surface area contributed by atoms with E-state index in [1.807, 2.05) is 12.1 Å². The smallest absolute Gasteiger partial charge is 0.218 e. The Morgan fingerprint density at radius 1 is 1.41 bits per heavy atom. The number of hydrogen-bond acceptors (Lipinski definition) is 3. The summed E-state index contributed by atoms with van der Waals surface area (Å²) in [6, 6.07) is 7.21. The van der Waals surface area contributed by atoms with E-state index in [-0.39, 0.29) is 13.2 Å². The summed E-state index contributed by atoms with van der Waals surface area (Å²) in [5.41, 5.74) is 1.41. The molecule has 4 heteroatoms. The van der Waals surface area contributed by atoms with E-state index in [9.17, 15) is 4.39 Å². The van der Waals surface area contributed by atoms with Gasteiger partial charge in [0, 0.05) is 0 Å². The van der Waals surface area contributed by atoms with Gasteiger partial charge in [-0.05, 0) is 36.3 Å². The van der Waals surface area contributed by atoms with Gasteiger partial charge in [-0.2, -0.15) is 0 Å². The van der Waals surface area contributed by atoms with E-state index in [1.165, 1.54) is 6.08 Å². The van der Waals surface area contributed by atoms with Crippen molar-refractivity contribution in [2.24, 2.45) is 0 Å². The van der Waals surface area contributed by atoms with E-state index in [1.54, 1.807) is 26.2 Å². The Hall–Kier alpha value is -1.39. The summed E-state index contributed by atoms with van der Waals surface area (Å²) < 4.78 is 23.2. The minimum atomic E-state index is -1.50. The van der Waals surface area contributed by atoms with E-state index in [2.05, 4.69) is 0 Å². The molecule has 0 fully saturated rings. The molecule has 0 amide bonds. The molecule has 0 aliphatic heterocycles. The SMILES string of the molecule is COc1ccc(COC(F)/C=C(\C)CO)cc1. The van der Waals surface area contributed by atoms with Gasteiger partial charge < -0.3 is 14.6 Å². The Balaban J connectivity index is 2.44. The molecule has 0 spiro atoms. The molecule has 94 valence electrons. The van der Waals surface area contributed by atoms with Crippen LogP contribution >= 0.6 is 0 Å². The second-order valence-electron chi connectivity index (χ2n) is 3.68. The molecule has 0 aliphatic carbocycles. The number of halogens is 1. The van der Waals surface area contributed by atoms with Crippen molar-refractivity contribution in [1.82, 2.24) is 0 Å². The highest BCUT2D eigenvalue weighted by Crippen LogP contribution is 2.13. The van der Waals surface area contributed by atoms with Crippen LogP contribution in [0.4, 0.5) is 4.39 Å². The van der Waals surface area contributed by atoms with Crippen molar-refractivity contribution in [3.8, 4) is 5.75 Å². The Morgan fingerprint density at radius 3 is 2.59 bits per heavy atom. The highest BCUT2D eigenvalue weighted by atomic mass is 19.1. The molecule has 1 N–H and O–H groups in total. The van der Waals surface area contributed by atoms with Gasteiger partial charge in [-0.3, -0.25) is 0 Å². The summed E-state index contributed by atoms with van der Waals surface area (Å²) in [6.07, 6.45) is -0.243. The van der Waals surface area contributed by atoms with Crippen molar-refractivity contribution in [2.45, 2.75) is 19.9 Å². The summed E-state index contributed by atoms with van der Waals surface area (Å²) in [5.74, 6) is 0.751. The van der Waals surface area contributed by atoms with E-state index < -0.39 is 6.36 Å². The summed E-state index contributed by atoms with van der Waals surface area (Å²) in [7, 11) is 1.59. The predicted octanol–water partition coefficient (Wildman–Crippen LogP) is 2.45. The zero-order chi connectivity index (χ0) is 12.7. The Labute approximate surface area is 100 Å². The van der Waals surface area contributed by atoms with Gasteiger partial charge in [-0.25, -0.2) is 4.39 Å². The zero-order valence-electron chi connectivity index (χ0n) is 10.0. The Kier molecular flexibility index (Phi) is 5.66. The van der Waals surface area contributed by atoms with Crippen molar-refractivity contribution in [2.75, 3.05) is 13.7 Å². The Bertz CT molecular complexity index is 359. The molecule has 1 aromatic rings. The van der Waals surface area contributed by atoms with Crippen LogP contribution in [0.3, 0.4) is 0 Å². The van der Waals surface area contributed by atoms with Crippen LogP contribution in [0.2, 0.25) is 0 Å². The van der Waals surface area contributed by atoms with E-state index >= 15 is 0 Å². The first kappa shape index (κ1) is 13.7. The lowest BCUT2D eigenvalue weighted by molar-refractivity contribution is -0.0149. The fourth-order valence-electron chi connectivity index (χ4n) is 1.22. The lowest BCUT2D eigenvalue weighted by Crippen LogP contribution is -2.04. The molecule has 1 unspecified atom stereocenters.